The minimum atomic E-state index is -4.82. The average molecular weight is 618 g/mol. The van der Waals surface area contributed by atoms with Crippen LogP contribution in [0.25, 0.3) is 11.1 Å². The second-order valence-corrected chi connectivity index (χ2v) is 9.43. The van der Waals surface area contributed by atoms with Crippen LogP contribution in [-0.4, -0.2) is 13.2 Å². The van der Waals surface area contributed by atoms with Crippen LogP contribution < -0.4 is 9.47 Å². The van der Waals surface area contributed by atoms with E-state index in [2.05, 4.69) is 9.47 Å². The van der Waals surface area contributed by atoms with Crippen LogP contribution in [0.15, 0.2) is 67.0 Å². The first kappa shape index (κ1) is 32.0. The van der Waals surface area contributed by atoms with Gasteiger partial charge in [-0.25, -0.2) is 22.0 Å². The molecule has 1 aliphatic heterocycles. The number of hydrogen-bond donors (Lipinski definition) is 0. The molecule has 1 heterocycles. The van der Waals surface area contributed by atoms with E-state index < -0.39 is 70.2 Å². The Labute approximate surface area is 239 Å². The Morgan fingerprint density at radius 1 is 0.884 bits per heavy atom. The van der Waals surface area contributed by atoms with Crippen LogP contribution in [0.2, 0.25) is 0 Å². The molecule has 3 aromatic carbocycles. The summed E-state index contributed by atoms with van der Waals surface area (Å²) in [5.41, 5.74) is -2.38. The molecule has 0 radical (unpaired) electrons. The van der Waals surface area contributed by atoms with Crippen LogP contribution in [0.4, 0.5) is 39.5 Å². The number of benzene rings is 3. The second kappa shape index (κ2) is 13.6. The average Bonchev–Trinajstić information content (AvgIpc) is 2.92. The van der Waals surface area contributed by atoms with Gasteiger partial charge in [0.15, 0.2) is 29.9 Å². The van der Waals surface area contributed by atoms with Crippen molar-refractivity contribution in [2.24, 2.45) is 5.92 Å². The van der Waals surface area contributed by atoms with Gasteiger partial charge >= 0.3 is 12.2 Å². The van der Waals surface area contributed by atoms with E-state index in [-0.39, 0.29) is 29.9 Å². The van der Waals surface area contributed by atoms with Gasteiger partial charge in [-0.3, -0.25) is 0 Å². The van der Waals surface area contributed by atoms with Gasteiger partial charge in [-0.15, -0.1) is 0 Å². The third-order valence-corrected chi connectivity index (χ3v) is 6.34. The molecule has 0 atom stereocenters. The Kier molecular flexibility index (Phi) is 10.1. The Morgan fingerprint density at radius 3 is 2.07 bits per heavy atom. The van der Waals surface area contributed by atoms with Gasteiger partial charge < -0.3 is 18.9 Å². The summed E-state index contributed by atoms with van der Waals surface area (Å²) in [4.78, 5) is 0. The molecule has 4 nitrogen and oxygen atoms in total. The van der Waals surface area contributed by atoms with Crippen LogP contribution in [0.3, 0.4) is 0 Å². The third kappa shape index (κ3) is 7.71. The number of hydrogen-bond acceptors (Lipinski definition) is 4. The number of rotatable bonds is 10. The summed E-state index contributed by atoms with van der Waals surface area (Å²) in [7, 11) is 0. The standard InChI is InChI=1S/C30H23F9O4/c1-2-3-4-5-16-13-41-29(42-14-16)17-6-7-20(21(31)8-17)18-9-22(32)27(23(33)10-18)30(38,39)43-19-11-24(34)28(25(35)12-19)40-15-26(36)37/h2-3,6-12,15-16,29H,4-5,13-14H2,1H3/b3-2+. The van der Waals surface area contributed by atoms with Crippen LogP contribution in [0.5, 0.6) is 11.5 Å². The van der Waals surface area contributed by atoms with Crippen molar-refractivity contribution in [3.63, 3.8) is 0 Å². The second-order valence-electron chi connectivity index (χ2n) is 9.43. The van der Waals surface area contributed by atoms with Crippen molar-refractivity contribution in [1.82, 2.24) is 0 Å². The molecular weight excluding hydrogens is 595 g/mol. The quantitative estimate of drug-likeness (QED) is 0.129. The summed E-state index contributed by atoms with van der Waals surface area (Å²) in [6.45, 7) is 2.68. The first-order chi connectivity index (χ1) is 20.4. The summed E-state index contributed by atoms with van der Waals surface area (Å²) in [5.74, 6) is -10.5. The molecular formula is C30H23F9O4. The van der Waals surface area contributed by atoms with Gasteiger partial charge in [-0.2, -0.15) is 17.6 Å². The molecule has 1 fully saturated rings. The number of ether oxygens (including phenoxy) is 4. The minimum Gasteiger partial charge on any atom is -0.453 e. The van der Waals surface area contributed by atoms with Crippen molar-refractivity contribution in [2.75, 3.05) is 13.2 Å². The smallest absolute Gasteiger partial charge is 0.432 e. The van der Waals surface area contributed by atoms with Gasteiger partial charge in [0.05, 0.1) is 13.2 Å². The zero-order valence-corrected chi connectivity index (χ0v) is 22.3. The molecule has 0 N–H and O–H groups in total. The lowest BCUT2D eigenvalue weighted by Crippen LogP contribution is -2.27. The van der Waals surface area contributed by atoms with Crippen LogP contribution in [-0.2, 0) is 15.6 Å². The van der Waals surface area contributed by atoms with Crippen molar-refractivity contribution in [1.29, 1.82) is 0 Å². The predicted octanol–water partition coefficient (Wildman–Crippen LogP) is 9.31. The molecule has 0 spiro atoms. The summed E-state index contributed by atoms with van der Waals surface area (Å²) >= 11 is 0. The van der Waals surface area contributed by atoms with Crippen LogP contribution in [0, 0.1) is 35.0 Å². The minimum absolute atomic E-state index is 0.140. The Morgan fingerprint density at radius 2 is 1.51 bits per heavy atom. The Balaban J connectivity index is 1.51. The molecule has 43 heavy (non-hydrogen) atoms. The highest BCUT2D eigenvalue weighted by molar-refractivity contribution is 5.65. The van der Waals surface area contributed by atoms with Gasteiger partial charge in [0.1, 0.15) is 28.8 Å². The van der Waals surface area contributed by atoms with E-state index in [0.29, 0.717) is 30.9 Å². The zero-order valence-electron chi connectivity index (χ0n) is 22.3. The molecule has 0 unspecified atom stereocenters. The lowest BCUT2D eigenvalue weighted by molar-refractivity contribution is -0.205. The largest absolute Gasteiger partial charge is 0.453 e. The van der Waals surface area contributed by atoms with Crippen molar-refractivity contribution >= 4 is 0 Å². The van der Waals surface area contributed by atoms with E-state index in [4.69, 9.17) is 9.47 Å². The maximum atomic E-state index is 15.0. The lowest BCUT2D eigenvalue weighted by Gasteiger charge is -2.29. The van der Waals surface area contributed by atoms with E-state index in [1.807, 2.05) is 19.1 Å². The van der Waals surface area contributed by atoms with Crippen LogP contribution >= 0.6 is 0 Å². The molecule has 13 heteroatoms. The first-order valence-corrected chi connectivity index (χ1v) is 12.8. The van der Waals surface area contributed by atoms with Gasteiger partial charge in [-0.1, -0.05) is 24.3 Å². The van der Waals surface area contributed by atoms with E-state index >= 15 is 4.39 Å². The fourth-order valence-electron chi connectivity index (χ4n) is 4.33. The zero-order chi connectivity index (χ0) is 31.3. The van der Waals surface area contributed by atoms with Gasteiger partial charge in [-0.05, 0) is 43.5 Å². The predicted molar refractivity (Wildman–Crippen MR) is 136 cm³/mol. The maximum absolute atomic E-state index is 15.0. The molecule has 1 aliphatic rings. The van der Waals surface area contributed by atoms with Gasteiger partial charge in [0.2, 0.25) is 0 Å². The lowest BCUT2D eigenvalue weighted by atomic mass is 10.00. The normalized spacial score (nSPS) is 17.3. The molecule has 0 bridgehead atoms. The monoisotopic (exact) mass is 618 g/mol. The molecule has 3 aromatic rings. The van der Waals surface area contributed by atoms with E-state index in [1.165, 1.54) is 12.1 Å². The van der Waals surface area contributed by atoms with E-state index in [0.717, 1.165) is 18.9 Å². The highest BCUT2D eigenvalue weighted by Crippen LogP contribution is 2.39. The Bertz CT molecular complexity index is 1470. The van der Waals surface area contributed by atoms with E-state index in [9.17, 15) is 35.1 Å². The highest BCUT2D eigenvalue weighted by atomic mass is 19.3. The molecule has 230 valence electrons. The molecule has 1 saturated heterocycles. The molecule has 0 aromatic heterocycles. The third-order valence-electron chi connectivity index (χ3n) is 6.34. The number of alkyl halides is 2. The fraction of sp³-hybridized carbons (Fsp3) is 0.267. The SMILES string of the molecule is C/C=C/CCC1COC(c2ccc(-c3cc(F)c(C(F)(F)Oc4cc(F)c(OC=C(F)F)c(F)c4)c(F)c3)c(F)c2)OC1. The Hall–Kier alpha value is -3.97. The van der Waals surface area contributed by atoms with Crippen LogP contribution in [0.1, 0.15) is 37.2 Å². The van der Waals surface area contributed by atoms with Crippen molar-refractivity contribution < 1.29 is 58.5 Å². The van der Waals surface area contributed by atoms with E-state index in [1.54, 1.807) is 0 Å². The maximum Gasteiger partial charge on any atom is 0.432 e. The molecule has 4 rings (SSSR count). The summed E-state index contributed by atoms with van der Waals surface area (Å²) in [6.07, 6.45) is -2.76. The topological polar surface area (TPSA) is 36.9 Å². The van der Waals surface area contributed by atoms with Crippen molar-refractivity contribution in [3.05, 3.63) is 107 Å². The van der Waals surface area contributed by atoms with Gasteiger partial charge in [0, 0.05) is 29.2 Å². The highest BCUT2D eigenvalue weighted by Gasteiger charge is 2.42. The van der Waals surface area contributed by atoms with Crippen molar-refractivity contribution in [3.8, 4) is 22.6 Å². The first-order valence-electron chi connectivity index (χ1n) is 12.8. The number of allylic oxidation sites excluding steroid dienone is 2. The number of halogens is 9. The molecule has 0 saturated carbocycles. The summed E-state index contributed by atoms with van der Waals surface area (Å²) in [5, 5.41) is 0. The van der Waals surface area contributed by atoms with Gasteiger partial charge in [0.25, 0.3) is 0 Å². The van der Waals surface area contributed by atoms with Crippen molar-refractivity contribution in [2.45, 2.75) is 32.2 Å². The summed E-state index contributed by atoms with van der Waals surface area (Å²) < 4.78 is 146. The summed E-state index contributed by atoms with van der Waals surface area (Å²) in [6, 6.07) is 4.77. The molecule has 0 amide bonds. The fourth-order valence-corrected chi connectivity index (χ4v) is 4.33. The molecule has 0 aliphatic carbocycles.